The zero-order chi connectivity index (χ0) is 28.2. The number of benzene rings is 1. The number of likely N-dealkylation sites (tertiary alicyclic amines) is 1. The molecule has 0 spiro atoms. The number of aromatic nitrogens is 4. The van der Waals surface area contributed by atoms with Crippen LogP contribution in [-0.4, -0.2) is 68.8 Å². The van der Waals surface area contributed by atoms with Crippen LogP contribution in [0.4, 0.5) is 5.82 Å². The lowest BCUT2D eigenvalue weighted by Crippen LogP contribution is -2.44. The molecule has 5 rings (SSSR count). The maximum Gasteiger partial charge on any atom is 0.306 e. The van der Waals surface area contributed by atoms with Gasteiger partial charge in [-0.25, -0.2) is 15.0 Å². The van der Waals surface area contributed by atoms with Crippen LogP contribution >= 0.6 is 40.1 Å². The molecule has 4 N–H and O–H groups in total. The quantitative estimate of drug-likeness (QED) is 0.302. The molecule has 4 heterocycles. The van der Waals surface area contributed by atoms with Crippen LogP contribution in [0, 0.1) is 5.92 Å². The third-order valence-electron chi connectivity index (χ3n) is 7.08. The minimum atomic E-state index is -0.792. The van der Waals surface area contributed by atoms with Crippen LogP contribution in [-0.2, 0) is 20.9 Å². The van der Waals surface area contributed by atoms with E-state index in [1.807, 2.05) is 12.1 Å². The molecule has 1 aromatic carbocycles. The molecule has 15 heteroatoms. The Bertz CT molecular complexity index is 1400. The number of aryl methyl sites for hydroxylation is 1. The highest BCUT2D eigenvalue weighted by atomic mass is 79.9. The van der Waals surface area contributed by atoms with Crippen molar-refractivity contribution in [3.8, 4) is 11.5 Å². The second-order valence-electron chi connectivity index (χ2n) is 9.80. The standard InChI is InChI=1S/C26H32BrN7O5S.ClH/c1-15(39-21(35)3-2-7-28)25(36)33-8-4-16(5-9-33)6-10-34-24-22(23(29)30-13-31-24)32-26(34)40-20-12-19-18(11-17(20)27)37-14-38-19;/h11-13,15-16H,2-10,14,28H2,1H3,(H2,29,30,31);1H. The number of esters is 1. The monoisotopic (exact) mass is 669 g/mol. The zero-order valence-electron chi connectivity index (χ0n) is 22.6. The molecule has 1 fully saturated rings. The molecule has 222 valence electrons. The van der Waals surface area contributed by atoms with Crippen molar-refractivity contribution >= 4 is 69.0 Å². The van der Waals surface area contributed by atoms with Crippen molar-refractivity contribution in [3.05, 3.63) is 22.9 Å². The number of rotatable bonds is 10. The van der Waals surface area contributed by atoms with Crippen molar-refractivity contribution in [2.75, 3.05) is 32.2 Å². The molecule has 2 aliphatic rings. The number of nitrogens with two attached hydrogens (primary N) is 2. The fourth-order valence-corrected chi connectivity index (χ4v) is 6.36. The van der Waals surface area contributed by atoms with E-state index in [0.29, 0.717) is 67.0 Å². The number of ether oxygens (including phenoxy) is 3. The molecule has 1 saturated heterocycles. The van der Waals surface area contributed by atoms with E-state index in [2.05, 4.69) is 30.5 Å². The van der Waals surface area contributed by atoms with Gasteiger partial charge < -0.3 is 35.1 Å². The summed E-state index contributed by atoms with van der Waals surface area (Å²) in [6.45, 7) is 4.18. The summed E-state index contributed by atoms with van der Waals surface area (Å²) in [7, 11) is 0. The number of nitrogen functional groups attached to an aromatic ring is 1. The number of amides is 1. The fourth-order valence-electron chi connectivity index (χ4n) is 4.85. The lowest BCUT2D eigenvalue weighted by molar-refractivity contribution is -0.159. The molecule has 0 bridgehead atoms. The third kappa shape index (κ3) is 7.16. The van der Waals surface area contributed by atoms with Gasteiger partial charge in [0.2, 0.25) is 6.79 Å². The Kier molecular flexibility index (Phi) is 10.6. The molecule has 1 amide bonds. The predicted molar refractivity (Wildman–Crippen MR) is 159 cm³/mol. The van der Waals surface area contributed by atoms with Crippen LogP contribution < -0.4 is 20.9 Å². The van der Waals surface area contributed by atoms with E-state index < -0.39 is 6.10 Å². The van der Waals surface area contributed by atoms with Gasteiger partial charge in [0.15, 0.2) is 39.7 Å². The number of hydrogen-bond donors (Lipinski definition) is 2. The Hall–Kier alpha value is -2.81. The number of anilines is 1. The average Bonchev–Trinajstić information content (AvgIpc) is 3.55. The van der Waals surface area contributed by atoms with Crippen molar-refractivity contribution in [1.29, 1.82) is 0 Å². The number of piperidine rings is 1. The highest BCUT2D eigenvalue weighted by Gasteiger charge is 2.28. The Morgan fingerprint density at radius 2 is 1.95 bits per heavy atom. The SMILES string of the molecule is CC(OC(=O)CCCN)C(=O)N1CCC(CCn2c(Sc3cc4c(cc3Br)OCO4)nc3c(N)ncnc32)CC1.Cl. The highest BCUT2D eigenvalue weighted by Crippen LogP contribution is 2.43. The molecular formula is C26H33BrClN7O5S. The summed E-state index contributed by atoms with van der Waals surface area (Å²) in [6, 6.07) is 3.82. The lowest BCUT2D eigenvalue weighted by Gasteiger charge is -2.33. The van der Waals surface area contributed by atoms with Crippen molar-refractivity contribution in [3.63, 3.8) is 0 Å². The largest absolute Gasteiger partial charge is 0.454 e. The number of halogens is 2. The first-order chi connectivity index (χ1) is 19.3. The molecule has 0 aliphatic carbocycles. The Morgan fingerprint density at radius 1 is 1.22 bits per heavy atom. The number of carbonyl (C=O) groups is 2. The van der Waals surface area contributed by atoms with Crippen LogP contribution in [0.15, 0.2) is 33.0 Å². The first kappa shape index (κ1) is 31.1. The summed E-state index contributed by atoms with van der Waals surface area (Å²) in [5.41, 5.74) is 12.8. The molecule has 3 aromatic rings. The summed E-state index contributed by atoms with van der Waals surface area (Å²) < 4.78 is 19.3. The van der Waals surface area contributed by atoms with E-state index >= 15 is 0 Å². The lowest BCUT2D eigenvalue weighted by atomic mass is 9.93. The van der Waals surface area contributed by atoms with Crippen LogP contribution in [0.1, 0.15) is 39.0 Å². The van der Waals surface area contributed by atoms with Crippen molar-refractivity contribution in [2.45, 2.75) is 61.7 Å². The van der Waals surface area contributed by atoms with Gasteiger partial charge in [0.25, 0.3) is 5.91 Å². The third-order valence-corrected chi connectivity index (χ3v) is 9.05. The molecule has 1 unspecified atom stereocenters. The molecule has 1 atom stereocenters. The number of imidazole rings is 1. The minimum Gasteiger partial charge on any atom is -0.454 e. The molecule has 2 aliphatic heterocycles. The molecule has 0 radical (unpaired) electrons. The van der Waals surface area contributed by atoms with Crippen molar-refractivity contribution in [1.82, 2.24) is 24.4 Å². The van der Waals surface area contributed by atoms with E-state index in [0.717, 1.165) is 33.8 Å². The molecule has 41 heavy (non-hydrogen) atoms. The van der Waals surface area contributed by atoms with Crippen LogP contribution in [0.2, 0.25) is 0 Å². The van der Waals surface area contributed by atoms with E-state index in [-0.39, 0.29) is 37.5 Å². The Balaban J connectivity index is 0.00000387. The minimum absolute atomic E-state index is 0. The van der Waals surface area contributed by atoms with Gasteiger partial charge in [-0.05, 0) is 73.1 Å². The van der Waals surface area contributed by atoms with Crippen molar-refractivity contribution in [2.24, 2.45) is 11.7 Å². The second-order valence-corrected chi connectivity index (χ2v) is 11.7. The summed E-state index contributed by atoms with van der Waals surface area (Å²) in [6.07, 6.45) is 4.04. The summed E-state index contributed by atoms with van der Waals surface area (Å²) >= 11 is 5.12. The summed E-state index contributed by atoms with van der Waals surface area (Å²) in [5, 5.41) is 0.750. The van der Waals surface area contributed by atoms with Gasteiger partial charge in [0.05, 0.1) is 0 Å². The van der Waals surface area contributed by atoms with Gasteiger partial charge in [-0.1, -0.05) is 11.8 Å². The molecular weight excluding hydrogens is 638 g/mol. The number of carbonyl (C=O) groups excluding carboxylic acids is 2. The number of nitrogens with zero attached hydrogens (tertiary/aromatic N) is 5. The smallest absolute Gasteiger partial charge is 0.306 e. The Labute approximate surface area is 256 Å². The first-order valence-electron chi connectivity index (χ1n) is 13.3. The first-order valence-corrected chi connectivity index (χ1v) is 14.9. The summed E-state index contributed by atoms with van der Waals surface area (Å²) in [5.74, 6) is 1.59. The van der Waals surface area contributed by atoms with Crippen LogP contribution in [0.3, 0.4) is 0 Å². The van der Waals surface area contributed by atoms with Gasteiger partial charge >= 0.3 is 5.97 Å². The normalized spacial score (nSPS) is 15.5. The molecule has 0 saturated carbocycles. The van der Waals surface area contributed by atoms with Crippen LogP contribution in [0.5, 0.6) is 11.5 Å². The van der Waals surface area contributed by atoms with E-state index in [9.17, 15) is 9.59 Å². The van der Waals surface area contributed by atoms with Gasteiger partial charge in [0, 0.05) is 35.4 Å². The molecule has 12 nitrogen and oxygen atoms in total. The van der Waals surface area contributed by atoms with Gasteiger partial charge in [-0.2, -0.15) is 0 Å². The topological polar surface area (TPSA) is 161 Å². The fraction of sp³-hybridized carbons (Fsp3) is 0.500. The van der Waals surface area contributed by atoms with Gasteiger partial charge in [0.1, 0.15) is 6.33 Å². The van der Waals surface area contributed by atoms with Gasteiger partial charge in [-0.3, -0.25) is 9.59 Å². The molecule has 2 aromatic heterocycles. The van der Waals surface area contributed by atoms with E-state index in [4.69, 9.17) is 30.7 Å². The van der Waals surface area contributed by atoms with Crippen molar-refractivity contribution < 1.29 is 23.8 Å². The van der Waals surface area contributed by atoms with E-state index in [1.54, 1.807) is 11.8 Å². The van der Waals surface area contributed by atoms with E-state index in [1.165, 1.54) is 18.1 Å². The number of fused-ring (bicyclic) bond motifs is 2. The number of hydrogen-bond acceptors (Lipinski definition) is 11. The summed E-state index contributed by atoms with van der Waals surface area (Å²) in [4.78, 5) is 40.8. The average molecular weight is 671 g/mol. The second kappa shape index (κ2) is 13.9. The predicted octanol–water partition coefficient (Wildman–Crippen LogP) is 3.77. The van der Waals surface area contributed by atoms with Gasteiger partial charge in [-0.15, -0.1) is 12.4 Å². The zero-order valence-corrected chi connectivity index (χ0v) is 25.8. The maximum atomic E-state index is 12.8. The van der Waals surface area contributed by atoms with Crippen LogP contribution in [0.25, 0.3) is 11.2 Å². The Morgan fingerprint density at radius 3 is 2.68 bits per heavy atom. The maximum absolute atomic E-state index is 12.8. The highest BCUT2D eigenvalue weighted by molar-refractivity contribution is 9.10.